The standard InChI is InChI=1S/C22H15BrClF3N2O4/c23-13-6-4-11(5-7-13)19(30)17-18(28-20(31)29-21(17,32)22(25,26)27)16-9-8-15(33-16)12-2-1-3-14(24)10-12/h1-10,17-18,32H,(H2,28,29,31)/t17-,18+,21+/m0/s1. The Labute approximate surface area is 198 Å². The molecule has 2 heterocycles. The van der Waals surface area contributed by atoms with Crippen molar-refractivity contribution in [2.75, 3.05) is 0 Å². The summed E-state index contributed by atoms with van der Waals surface area (Å²) in [5.74, 6) is -3.11. The molecule has 1 aliphatic rings. The number of benzene rings is 2. The number of halogens is 5. The summed E-state index contributed by atoms with van der Waals surface area (Å²) in [5.41, 5.74) is -3.39. The molecule has 1 saturated heterocycles. The lowest BCUT2D eigenvalue weighted by atomic mass is 9.79. The van der Waals surface area contributed by atoms with Gasteiger partial charge in [-0.2, -0.15) is 13.2 Å². The molecule has 3 aromatic rings. The number of urea groups is 1. The minimum Gasteiger partial charge on any atom is -0.459 e. The van der Waals surface area contributed by atoms with Crippen molar-refractivity contribution in [2.45, 2.75) is 17.9 Å². The second kappa shape index (κ2) is 8.51. The number of hydrogen-bond acceptors (Lipinski definition) is 4. The smallest absolute Gasteiger partial charge is 0.437 e. The fraction of sp³-hybridized carbons (Fsp3) is 0.182. The van der Waals surface area contributed by atoms with Crippen molar-refractivity contribution in [3.63, 3.8) is 0 Å². The van der Waals surface area contributed by atoms with E-state index in [1.807, 2.05) is 0 Å². The van der Waals surface area contributed by atoms with Gasteiger partial charge in [0.1, 0.15) is 23.5 Å². The Morgan fingerprint density at radius 2 is 1.82 bits per heavy atom. The first-order valence-electron chi connectivity index (χ1n) is 9.53. The van der Waals surface area contributed by atoms with E-state index in [1.165, 1.54) is 41.7 Å². The number of ketones is 1. The van der Waals surface area contributed by atoms with Gasteiger partial charge in [0.25, 0.3) is 0 Å². The van der Waals surface area contributed by atoms with Gasteiger partial charge in [-0.25, -0.2) is 4.79 Å². The fourth-order valence-corrected chi connectivity index (χ4v) is 4.14. The van der Waals surface area contributed by atoms with Gasteiger partial charge in [0.05, 0.1) is 0 Å². The van der Waals surface area contributed by atoms with Gasteiger partial charge in [-0.05, 0) is 36.4 Å². The molecule has 6 nitrogen and oxygen atoms in total. The van der Waals surface area contributed by atoms with Crippen molar-refractivity contribution in [3.8, 4) is 11.3 Å². The Balaban J connectivity index is 1.81. The first kappa shape index (κ1) is 23.3. The van der Waals surface area contributed by atoms with Crippen molar-refractivity contribution in [3.05, 3.63) is 81.5 Å². The summed E-state index contributed by atoms with van der Waals surface area (Å²) in [6.07, 6.45) is -5.36. The van der Waals surface area contributed by atoms with E-state index in [9.17, 15) is 27.9 Å². The summed E-state index contributed by atoms with van der Waals surface area (Å²) < 4.78 is 48.3. The minimum absolute atomic E-state index is 0.0876. The first-order chi connectivity index (χ1) is 15.5. The van der Waals surface area contributed by atoms with Gasteiger partial charge in [0, 0.05) is 20.6 Å². The lowest BCUT2D eigenvalue weighted by molar-refractivity contribution is -0.288. The van der Waals surface area contributed by atoms with Gasteiger partial charge in [-0.15, -0.1) is 0 Å². The van der Waals surface area contributed by atoms with Gasteiger partial charge in [0.2, 0.25) is 5.72 Å². The Bertz CT molecular complexity index is 1210. The van der Waals surface area contributed by atoms with Gasteiger partial charge in [-0.1, -0.05) is 51.8 Å². The van der Waals surface area contributed by atoms with Gasteiger partial charge in [-0.3, -0.25) is 4.79 Å². The molecule has 11 heteroatoms. The Hall–Kier alpha value is -2.82. The lowest BCUT2D eigenvalue weighted by Gasteiger charge is -2.44. The third kappa shape index (κ3) is 4.38. The molecule has 3 N–H and O–H groups in total. The molecule has 0 radical (unpaired) electrons. The van der Waals surface area contributed by atoms with Crippen LogP contribution in [0.25, 0.3) is 11.3 Å². The topological polar surface area (TPSA) is 91.6 Å². The van der Waals surface area contributed by atoms with Gasteiger partial charge >= 0.3 is 12.2 Å². The van der Waals surface area contributed by atoms with Crippen molar-refractivity contribution < 1.29 is 32.3 Å². The number of aliphatic hydroxyl groups is 1. The average Bonchev–Trinajstić information content (AvgIpc) is 3.23. The zero-order chi connectivity index (χ0) is 24.0. The van der Waals surface area contributed by atoms with Crippen LogP contribution in [0, 0.1) is 5.92 Å². The summed E-state index contributed by atoms with van der Waals surface area (Å²) in [6, 6.07) is 12.0. The highest BCUT2D eigenvalue weighted by atomic mass is 79.9. The van der Waals surface area contributed by atoms with Gasteiger partial charge < -0.3 is 20.2 Å². The van der Waals surface area contributed by atoms with Crippen LogP contribution < -0.4 is 10.6 Å². The van der Waals surface area contributed by atoms with Crippen LogP contribution in [0.2, 0.25) is 5.02 Å². The molecular formula is C22H15BrClF3N2O4. The summed E-state index contributed by atoms with van der Waals surface area (Å²) in [6.45, 7) is 0. The number of rotatable bonds is 4. The number of furan rings is 1. The van der Waals surface area contributed by atoms with Crippen LogP contribution in [0.4, 0.5) is 18.0 Å². The normalized spacial score (nSPS) is 23.0. The highest BCUT2D eigenvalue weighted by Gasteiger charge is 2.66. The predicted octanol–water partition coefficient (Wildman–Crippen LogP) is 5.47. The van der Waals surface area contributed by atoms with E-state index in [1.54, 1.807) is 24.3 Å². The van der Waals surface area contributed by atoms with Gasteiger partial charge in [0.15, 0.2) is 5.78 Å². The number of hydrogen-bond donors (Lipinski definition) is 3. The molecule has 172 valence electrons. The van der Waals surface area contributed by atoms with Crippen molar-refractivity contribution >= 4 is 39.3 Å². The monoisotopic (exact) mass is 542 g/mol. The second-order valence-electron chi connectivity index (χ2n) is 7.40. The van der Waals surface area contributed by atoms with Crippen molar-refractivity contribution in [1.82, 2.24) is 10.6 Å². The maximum atomic E-state index is 14.0. The summed E-state index contributed by atoms with van der Waals surface area (Å²) >= 11 is 9.18. The molecule has 2 amide bonds. The molecule has 0 unspecified atom stereocenters. The minimum atomic E-state index is -5.36. The van der Waals surface area contributed by atoms with Crippen LogP contribution >= 0.6 is 27.5 Å². The highest BCUT2D eigenvalue weighted by molar-refractivity contribution is 9.10. The fourth-order valence-electron chi connectivity index (χ4n) is 3.69. The average molecular weight is 544 g/mol. The third-order valence-corrected chi connectivity index (χ3v) is 6.02. The molecule has 4 rings (SSSR count). The number of Topliss-reactive ketones (excluding diaryl/α,β-unsaturated/α-hetero) is 1. The first-order valence-corrected chi connectivity index (χ1v) is 10.7. The van der Waals surface area contributed by atoms with E-state index in [0.717, 1.165) is 0 Å². The molecule has 33 heavy (non-hydrogen) atoms. The number of carbonyl (C=O) groups excluding carboxylic acids is 2. The maximum Gasteiger partial charge on any atom is 0.437 e. The molecule has 1 aromatic heterocycles. The van der Waals surface area contributed by atoms with Crippen LogP contribution in [-0.4, -0.2) is 28.8 Å². The second-order valence-corrected chi connectivity index (χ2v) is 8.75. The lowest BCUT2D eigenvalue weighted by Crippen LogP contribution is -2.72. The largest absolute Gasteiger partial charge is 0.459 e. The number of amides is 2. The molecule has 0 bridgehead atoms. The number of nitrogens with one attached hydrogen (secondary N) is 2. The number of carbonyl (C=O) groups is 2. The molecule has 0 aliphatic carbocycles. The van der Waals surface area contributed by atoms with Crippen molar-refractivity contribution in [2.24, 2.45) is 5.92 Å². The van der Waals surface area contributed by atoms with E-state index in [2.05, 4.69) is 21.2 Å². The highest BCUT2D eigenvalue weighted by Crippen LogP contribution is 2.44. The van der Waals surface area contributed by atoms with Crippen molar-refractivity contribution in [1.29, 1.82) is 0 Å². The molecule has 1 aliphatic heterocycles. The summed E-state index contributed by atoms with van der Waals surface area (Å²) in [5, 5.41) is 14.8. The molecular weight excluding hydrogens is 529 g/mol. The zero-order valence-corrected chi connectivity index (χ0v) is 18.8. The third-order valence-electron chi connectivity index (χ3n) is 5.26. The zero-order valence-electron chi connectivity index (χ0n) is 16.5. The SMILES string of the molecule is O=C1N[C@H](c2ccc(-c3cccc(Cl)c3)o2)[C@@H](C(=O)c2ccc(Br)cc2)[C@@](O)(C(F)(F)F)N1. The molecule has 2 aromatic carbocycles. The predicted molar refractivity (Wildman–Crippen MR) is 117 cm³/mol. The quantitative estimate of drug-likeness (QED) is 0.381. The van der Waals surface area contributed by atoms with E-state index in [-0.39, 0.29) is 17.1 Å². The number of alkyl halides is 3. The molecule has 0 saturated carbocycles. The Kier molecular flexibility index (Phi) is 6.02. The van der Waals surface area contributed by atoms with E-state index < -0.39 is 35.7 Å². The van der Waals surface area contributed by atoms with E-state index in [4.69, 9.17) is 16.0 Å². The van der Waals surface area contributed by atoms with Crippen LogP contribution in [0.3, 0.4) is 0 Å². The molecule has 0 spiro atoms. The van der Waals surface area contributed by atoms with E-state index in [0.29, 0.717) is 15.1 Å². The Morgan fingerprint density at radius 1 is 1.12 bits per heavy atom. The van der Waals surface area contributed by atoms with Crippen LogP contribution in [0.15, 0.2) is 69.6 Å². The van der Waals surface area contributed by atoms with Crippen LogP contribution in [-0.2, 0) is 0 Å². The van der Waals surface area contributed by atoms with E-state index >= 15 is 0 Å². The molecule has 3 atom stereocenters. The maximum absolute atomic E-state index is 14.0. The molecule has 1 fully saturated rings. The summed E-state index contributed by atoms with van der Waals surface area (Å²) in [4.78, 5) is 25.4. The van der Waals surface area contributed by atoms with Crippen LogP contribution in [0.1, 0.15) is 22.2 Å². The summed E-state index contributed by atoms with van der Waals surface area (Å²) in [7, 11) is 0. The Morgan fingerprint density at radius 3 is 2.45 bits per heavy atom. The van der Waals surface area contributed by atoms with Crippen LogP contribution in [0.5, 0.6) is 0 Å².